The van der Waals surface area contributed by atoms with Gasteiger partial charge in [0.05, 0.1) is 5.70 Å². The number of tetrazole rings is 1. The summed E-state index contributed by atoms with van der Waals surface area (Å²) in [5.74, 6) is 0.499. The molecule has 0 spiro atoms. The second kappa shape index (κ2) is 6.83. The monoisotopic (exact) mass is 419 g/mol. The molecule has 9 heteroatoms. The van der Waals surface area contributed by atoms with Crippen LogP contribution in [0, 0.1) is 0 Å². The van der Waals surface area contributed by atoms with Crippen LogP contribution in [-0.4, -0.2) is 26.8 Å². The normalized spacial score (nSPS) is 16.0. The van der Waals surface area contributed by atoms with E-state index in [9.17, 15) is 8.78 Å². The van der Waals surface area contributed by atoms with Gasteiger partial charge in [-0.2, -0.15) is 13.5 Å². The van der Waals surface area contributed by atoms with Crippen molar-refractivity contribution in [3.8, 4) is 5.75 Å². The van der Waals surface area contributed by atoms with E-state index < -0.39 is 6.61 Å². The molecule has 0 aliphatic carbocycles. The predicted molar refractivity (Wildman–Crippen MR) is 94.8 cm³/mol. The number of benzene rings is 2. The topological polar surface area (TPSA) is 64.9 Å². The lowest BCUT2D eigenvalue weighted by molar-refractivity contribution is -0.0500. The number of ether oxygens (including phenoxy) is 1. The zero-order valence-corrected chi connectivity index (χ0v) is 14.8. The highest BCUT2D eigenvalue weighted by Crippen LogP contribution is 2.35. The Morgan fingerprint density at radius 2 is 1.88 bits per heavy atom. The average Bonchev–Trinajstić information content (AvgIpc) is 3.10. The number of para-hydroxylation sites is 1. The number of rotatable bonds is 4. The van der Waals surface area contributed by atoms with E-state index in [0.29, 0.717) is 17.2 Å². The van der Waals surface area contributed by atoms with E-state index >= 15 is 0 Å². The number of hydrogen-bond donors (Lipinski definition) is 1. The van der Waals surface area contributed by atoms with Crippen LogP contribution in [0.25, 0.3) is 5.70 Å². The molecule has 4 rings (SSSR count). The fraction of sp³-hybridized carbons (Fsp3) is 0.118. The van der Waals surface area contributed by atoms with Crippen molar-refractivity contribution >= 4 is 27.6 Å². The Morgan fingerprint density at radius 1 is 1.12 bits per heavy atom. The molecule has 2 aromatic carbocycles. The van der Waals surface area contributed by atoms with Crippen LogP contribution >= 0.6 is 15.9 Å². The predicted octanol–water partition coefficient (Wildman–Crippen LogP) is 4.09. The Balaban J connectivity index is 1.79. The van der Waals surface area contributed by atoms with E-state index in [1.807, 2.05) is 30.3 Å². The molecular formula is C17H12BrF2N5O. The van der Waals surface area contributed by atoms with Gasteiger partial charge in [-0.15, -0.1) is 0 Å². The molecule has 1 aromatic heterocycles. The lowest BCUT2D eigenvalue weighted by Gasteiger charge is -2.24. The Hall–Kier alpha value is -2.81. The van der Waals surface area contributed by atoms with Crippen LogP contribution in [0.1, 0.15) is 17.2 Å². The molecule has 3 aromatic rings. The largest absolute Gasteiger partial charge is 0.434 e. The number of aromatic nitrogens is 4. The van der Waals surface area contributed by atoms with Gasteiger partial charge in [-0.05, 0) is 46.3 Å². The van der Waals surface area contributed by atoms with Crippen molar-refractivity contribution in [3.05, 3.63) is 70.2 Å². The first-order valence-corrected chi connectivity index (χ1v) is 8.47. The molecule has 132 valence electrons. The quantitative estimate of drug-likeness (QED) is 0.689. The molecule has 1 N–H and O–H groups in total. The molecule has 0 saturated heterocycles. The average molecular weight is 420 g/mol. The van der Waals surface area contributed by atoms with E-state index in [1.54, 1.807) is 22.9 Å². The summed E-state index contributed by atoms with van der Waals surface area (Å²) in [5.41, 5.74) is 2.05. The van der Waals surface area contributed by atoms with Crippen LogP contribution in [0.2, 0.25) is 0 Å². The van der Waals surface area contributed by atoms with Gasteiger partial charge < -0.3 is 10.1 Å². The molecule has 0 saturated carbocycles. The Bertz CT molecular complexity index is 958. The van der Waals surface area contributed by atoms with Gasteiger partial charge in [-0.25, -0.2) is 0 Å². The van der Waals surface area contributed by atoms with Gasteiger partial charge in [0.15, 0.2) is 0 Å². The third-order valence-corrected chi connectivity index (χ3v) is 4.46. The number of nitrogens with one attached hydrogen (secondary N) is 1. The van der Waals surface area contributed by atoms with Crippen molar-refractivity contribution in [2.24, 2.45) is 0 Å². The Kier molecular flexibility index (Phi) is 4.37. The van der Waals surface area contributed by atoms with Crippen molar-refractivity contribution in [3.63, 3.8) is 0 Å². The highest BCUT2D eigenvalue weighted by atomic mass is 79.9. The molecule has 1 aliphatic heterocycles. The van der Waals surface area contributed by atoms with E-state index in [0.717, 1.165) is 10.0 Å². The van der Waals surface area contributed by atoms with Gasteiger partial charge in [-0.1, -0.05) is 45.3 Å². The first-order chi connectivity index (χ1) is 12.6. The molecule has 1 atom stereocenters. The molecule has 0 amide bonds. The van der Waals surface area contributed by atoms with Crippen LogP contribution < -0.4 is 10.1 Å². The van der Waals surface area contributed by atoms with Crippen molar-refractivity contribution in [1.82, 2.24) is 20.2 Å². The van der Waals surface area contributed by atoms with Gasteiger partial charge in [0, 0.05) is 10.0 Å². The summed E-state index contributed by atoms with van der Waals surface area (Å²) in [4.78, 5) is 0. The van der Waals surface area contributed by atoms with E-state index in [-0.39, 0.29) is 11.8 Å². The van der Waals surface area contributed by atoms with E-state index in [4.69, 9.17) is 0 Å². The van der Waals surface area contributed by atoms with E-state index in [2.05, 4.69) is 41.5 Å². The summed E-state index contributed by atoms with van der Waals surface area (Å²) < 4.78 is 32.7. The van der Waals surface area contributed by atoms with Crippen LogP contribution in [0.3, 0.4) is 0 Å². The molecular weight excluding hydrogens is 408 g/mol. The Labute approximate surface area is 155 Å². The molecule has 0 unspecified atom stereocenters. The maximum Gasteiger partial charge on any atom is 0.387 e. The highest BCUT2D eigenvalue weighted by Gasteiger charge is 2.25. The van der Waals surface area contributed by atoms with Gasteiger partial charge in [0.1, 0.15) is 11.8 Å². The van der Waals surface area contributed by atoms with Gasteiger partial charge in [0.2, 0.25) is 5.95 Å². The third-order valence-electron chi connectivity index (χ3n) is 3.93. The van der Waals surface area contributed by atoms with Gasteiger partial charge in [0.25, 0.3) is 0 Å². The molecule has 0 radical (unpaired) electrons. The third kappa shape index (κ3) is 3.17. The maximum absolute atomic E-state index is 12.7. The van der Waals surface area contributed by atoms with Crippen LogP contribution in [0.5, 0.6) is 5.75 Å². The summed E-state index contributed by atoms with van der Waals surface area (Å²) in [7, 11) is 0. The van der Waals surface area contributed by atoms with Crippen molar-refractivity contribution in [2.75, 3.05) is 5.32 Å². The number of alkyl halides is 2. The number of allylic oxidation sites excluding steroid dienone is 1. The minimum absolute atomic E-state index is 0.0803. The second-order valence-corrected chi connectivity index (χ2v) is 6.44. The zero-order chi connectivity index (χ0) is 18.1. The smallest absolute Gasteiger partial charge is 0.387 e. The molecule has 2 heterocycles. The lowest BCUT2D eigenvalue weighted by Crippen LogP contribution is -2.20. The maximum atomic E-state index is 12.7. The first kappa shape index (κ1) is 16.6. The second-order valence-electron chi connectivity index (χ2n) is 5.52. The van der Waals surface area contributed by atoms with Crippen molar-refractivity contribution < 1.29 is 13.5 Å². The van der Waals surface area contributed by atoms with Gasteiger partial charge >= 0.3 is 6.61 Å². The SMILES string of the molecule is FC(F)Oc1ccccc1C1=C[C@H](c2ccc(Br)cc2)n2nnnc2N1. The van der Waals surface area contributed by atoms with Crippen molar-refractivity contribution in [2.45, 2.75) is 12.7 Å². The standard InChI is InChI=1S/C17H12BrF2N5O/c18-11-7-5-10(6-8-11)14-9-13(21-17-22-23-24-25(14)17)12-3-1-2-4-15(12)26-16(19)20/h1-9,14,16H,(H,21,22,24)/t14-/m1/s1. The number of fused-ring (bicyclic) bond motifs is 1. The molecule has 0 fully saturated rings. The van der Waals surface area contributed by atoms with Crippen LogP contribution in [0.4, 0.5) is 14.7 Å². The number of anilines is 1. The first-order valence-electron chi connectivity index (χ1n) is 7.68. The van der Waals surface area contributed by atoms with Crippen molar-refractivity contribution in [1.29, 1.82) is 0 Å². The number of nitrogens with zero attached hydrogens (tertiary/aromatic N) is 4. The summed E-state index contributed by atoms with van der Waals surface area (Å²) in [6, 6.07) is 14.0. The number of hydrogen-bond acceptors (Lipinski definition) is 5. The van der Waals surface area contributed by atoms with E-state index in [1.165, 1.54) is 6.07 Å². The number of halogens is 3. The zero-order valence-electron chi connectivity index (χ0n) is 13.2. The summed E-state index contributed by atoms with van der Waals surface area (Å²) in [6.07, 6.45) is 1.88. The minimum Gasteiger partial charge on any atom is -0.434 e. The lowest BCUT2D eigenvalue weighted by atomic mass is 10.0. The Morgan fingerprint density at radius 3 is 2.65 bits per heavy atom. The molecule has 6 nitrogen and oxygen atoms in total. The summed E-state index contributed by atoms with van der Waals surface area (Å²) in [6.45, 7) is -2.91. The van der Waals surface area contributed by atoms with Crippen LogP contribution in [0.15, 0.2) is 59.1 Å². The van der Waals surface area contributed by atoms with Crippen LogP contribution in [-0.2, 0) is 0 Å². The fourth-order valence-electron chi connectivity index (χ4n) is 2.80. The summed E-state index contributed by atoms with van der Waals surface area (Å²) >= 11 is 3.41. The molecule has 1 aliphatic rings. The summed E-state index contributed by atoms with van der Waals surface area (Å²) in [5, 5.41) is 14.8. The fourth-order valence-corrected chi connectivity index (χ4v) is 3.06. The highest BCUT2D eigenvalue weighted by molar-refractivity contribution is 9.10. The molecule has 26 heavy (non-hydrogen) atoms. The molecule has 0 bridgehead atoms. The van der Waals surface area contributed by atoms with Gasteiger partial charge in [-0.3, -0.25) is 0 Å². The minimum atomic E-state index is -2.91.